The summed E-state index contributed by atoms with van der Waals surface area (Å²) in [6.45, 7) is 0.159. The molecule has 1 fully saturated rings. The molecule has 6 nitrogen and oxygen atoms in total. The van der Waals surface area contributed by atoms with Gasteiger partial charge in [-0.15, -0.1) is 7.05 Å². The molecule has 1 aliphatic heterocycles. The maximum absolute atomic E-state index is 10.9. The van der Waals surface area contributed by atoms with Crippen molar-refractivity contribution in [3.05, 3.63) is 4.72 Å². The van der Waals surface area contributed by atoms with Gasteiger partial charge in [-0.05, 0) is 0 Å². The summed E-state index contributed by atoms with van der Waals surface area (Å²) in [5.41, 5.74) is 0. The van der Waals surface area contributed by atoms with Gasteiger partial charge in [-0.2, -0.15) is 0 Å². The second kappa shape index (κ2) is 4.18. The van der Waals surface area contributed by atoms with E-state index in [1.165, 1.54) is 0 Å². The fraction of sp³-hybridized carbons (Fsp3) is 0.750. The number of hydrogen-bond donors (Lipinski definition) is 0. The zero-order chi connectivity index (χ0) is 8.48. The van der Waals surface area contributed by atoms with Crippen LogP contribution in [0.4, 0.5) is 4.79 Å². The molecule has 71 valence electrons. The minimum absolute atomic E-state index is 0. The topological polar surface area (TPSA) is 77.8 Å². The first kappa shape index (κ1) is 11.8. The number of carbonyl (C=O) groups excluding carboxylic acids is 1. The van der Waals surface area contributed by atoms with Crippen molar-refractivity contribution in [2.45, 2.75) is 0 Å². The van der Waals surface area contributed by atoms with Crippen LogP contribution in [0.3, 0.4) is 0 Å². The Labute approximate surface area is 84.1 Å². The number of cyclic esters (lactones) is 1. The van der Waals surface area contributed by atoms with E-state index in [0.29, 0.717) is 4.31 Å². The smallest absolute Gasteiger partial charge is 0.422 e. The van der Waals surface area contributed by atoms with E-state index < -0.39 is 16.3 Å². The zero-order valence-corrected chi connectivity index (χ0v) is 9.76. The zero-order valence-electron chi connectivity index (χ0n) is 6.23. The van der Waals surface area contributed by atoms with Crippen LogP contribution in [-0.2, 0) is 35.4 Å². The molecule has 0 bridgehead atoms. The van der Waals surface area contributed by atoms with E-state index in [4.69, 9.17) is 0 Å². The van der Waals surface area contributed by atoms with E-state index >= 15 is 0 Å². The Hall–Kier alpha value is -0.158. The van der Waals surface area contributed by atoms with Gasteiger partial charge < -0.3 is 9.46 Å². The van der Waals surface area contributed by atoms with Crippen LogP contribution in [-0.4, -0.2) is 39.0 Å². The van der Waals surface area contributed by atoms with Crippen molar-refractivity contribution in [3.8, 4) is 0 Å². The maximum Gasteiger partial charge on any atom is 0.422 e. The van der Waals surface area contributed by atoms with Crippen LogP contribution in [0.25, 0.3) is 4.72 Å². The Balaban J connectivity index is 0.00000121. The van der Waals surface area contributed by atoms with Crippen LogP contribution < -0.4 is 0 Å². The van der Waals surface area contributed by atoms with E-state index in [1.807, 2.05) is 0 Å². The molecule has 0 spiro atoms. The third kappa shape index (κ3) is 2.17. The molecule has 1 radical (unpaired) electrons. The van der Waals surface area contributed by atoms with Gasteiger partial charge in [0.05, 0.1) is 6.54 Å². The Morgan fingerprint density at radius 3 is 2.50 bits per heavy atom. The van der Waals surface area contributed by atoms with Gasteiger partial charge in [0.1, 0.15) is 6.61 Å². The Bertz CT molecular complexity index is 264. The predicted octanol–water partition coefficient (Wildman–Crippen LogP) is -0.316. The molecule has 0 unspecified atom stereocenters. The molecule has 0 aliphatic carbocycles. The van der Waals surface area contributed by atoms with E-state index in [1.54, 1.807) is 0 Å². The number of amides is 1. The predicted molar refractivity (Wildman–Crippen MR) is 36.3 cm³/mol. The first-order chi connectivity index (χ1) is 5.08. The summed E-state index contributed by atoms with van der Waals surface area (Å²) in [6, 6.07) is 0. The fourth-order valence-corrected chi connectivity index (χ4v) is 1.43. The molecule has 1 saturated heterocycles. The second-order valence-electron chi connectivity index (χ2n) is 1.85. The molecule has 1 heterocycles. The maximum atomic E-state index is 10.9. The van der Waals surface area contributed by atoms with Gasteiger partial charge in [0.25, 0.3) is 0 Å². The second-order valence-corrected chi connectivity index (χ2v) is 3.55. The Morgan fingerprint density at radius 2 is 2.17 bits per heavy atom. The summed E-state index contributed by atoms with van der Waals surface area (Å²) in [5.74, 6) is 0. The Morgan fingerprint density at radius 1 is 1.58 bits per heavy atom. The average molecular weight is 365 g/mol. The molecule has 12 heavy (non-hydrogen) atoms. The summed E-state index contributed by atoms with van der Waals surface area (Å²) in [5, 5.41) is 0. The number of carbonyl (C=O) groups is 1. The van der Waals surface area contributed by atoms with E-state index in [9.17, 15) is 13.2 Å². The van der Waals surface area contributed by atoms with Crippen LogP contribution >= 0.6 is 0 Å². The minimum Gasteiger partial charge on any atom is -0.533 e. The minimum atomic E-state index is -3.76. The summed E-state index contributed by atoms with van der Waals surface area (Å²) >= 11 is 0. The van der Waals surface area contributed by atoms with Gasteiger partial charge in [-0.1, -0.05) is 0 Å². The number of hydrogen-bond acceptors (Lipinski definition) is 4. The number of nitrogens with zero attached hydrogens (tertiary/aromatic N) is 2. The molecule has 0 aromatic heterocycles. The summed E-state index contributed by atoms with van der Waals surface area (Å²) < 4.78 is 29.8. The largest absolute Gasteiger partial charge is 0.533 e. The molecule has 0 atom stereocenters. The molecule has 0 aromatic rings. The van der Waals surface area contributed by atoms with Crippen LogP contribution in [0.5, 0.6) is 0 Å². The van der Waals surface area contributed by atoms with Gasteiger partial charge in [-0.25, -0.2) is 17.5 Å². The fourth-order valence-electron chi connectivity index (χ4n) is 0.687. The molecule has 8 heteroatoms. The van der Waals surface area contributed by atoms with Crippen molar-refractivity contribution in [1.82, 2.24) is 4.31 Å². The van der Waals surface area contributed by atoms with Crippen molar-refractivity contribution in [1.29, 1.82) is 0 Å². The SMILES string of the molecule is C[N-]S(=O)(=O)N1CCOC1=O.[Re]. The molecule has 0 N–H and O–H groups in total. The quantitative estimate of drug-likeness (QED) is 0.672. The monoisotopic (exact) mass is 366 g/mol. The Kier molecular flexibility index (Phi) is 4.13. The van der Waals surface area contributed by atoms with E-state index in [0.717, 1.165) is 7.05 Å². The van der Waals surface area contributed by atoms with Crippen molar-refractivity contribution in [2.24, 2.45) is 0 Å². The van der Waals surface area contributed by atoms with Crippen LogP contribution in [0.15, 0.2) is 0 Å². The standard InChI is InChI=1S/C4H7N2O4S.Re/c1-5-11(8,9)6-2-3-10-4(6)7;/h2-3H2,1H3;/q-1;. The normalized spacial score (nSPS) is 17.1. The summed E-state index contributed by atoms with van der Waals surface area (Å²) in [6.07, 6.45) is -0.851. The van der Waals surface area contributed by atoms with Gasteiger partial charge in [0, 0.05) is 20.4 Å². The van der Waals surface area contributed by atoms with Crippen molar-refractivity contribution < 1.29 is 38.4 Å². The summed E-state index contributed by atoms with van der Waals surface area (Å²) in [7, 11) is -2.65. The van der Waals surface area contributed by atoms with Gasteiger partial charge in [0.15, 0.2) is 10.2 Å². The van der Waals surface area contributed by atoms with Gasteiger partial charge in [-0.3, -0.25) is 0 Å². The van der Waals surface area contributed by atoms with Crippen molar-refractivity contribution in [3.63, 3.8) is 0 Å². The number of ether oxygens (including phenoxy) is 1. The molecule has 1 amide bonds. The molecule has 1 rings (SSSR count). The third-order valence-electron chi connectivity index (χ3n) is 1.23. The summed E-state index contributed by atoms with van der Waals surface area (Å²) in [4.78, 5) is 10.6. The first-order valence-electron chi connectivity index (χ1n) is 2.88. The first-order valence-corrected chi connectivity index (χ1v) is 4.28. The molecular formula is C4H7N2O4ReS-. The van der Waals surface area contributed by atoms with Gasteiger partial charge in [0.2, 0.25) is 0 Å². The molecule has 0 aromatic carbocycles. The molecule has 0 saturated carbocycles. The average Bonchev–Trinajstić information content (AvgIpc) is 2.36. The van der Waals surface area contributed by atoms with Crippen molar-refractivity contribution >= 4 is 16.3 Å². The van der Waals surface area contributed by atoms with Crippen LogP contribution in [0.1, 0.15) is 0 Å². The third-order valence-corrected chi connectivity index (χ3v) is 2.58. The van der Waals surface area contributed by atoms with Crippen molar-refractivity contribution in [2.75, 3.05) is 20.2 Å². The van der Waals surface area contributed by atoms with Crippen LogP contribution in [0, 0.1) is 0 Å². The molecule has 1 aliphatic rings. The van der Waals surface area contributed by atoms with E-state index in [2.05, 4.69) is 9.46 Å². The van der Waals surface area contributed by atoms with E-state index in [-0.39, 0.29) is 33.6 Å². The number of rotatable bonds is 2. The van der Waals surface area contributed by atoms with Gasteiger partial charge >= 0.3 is 6.09 Å². The van der Waals surface area contributed by atoms with Crippen LogP contribution in [0.2, 0.25) is 0 Å². The molecular weight excluding hydrogens is 358 g/mol.